The molecular weight excluding hydrogens is 514 g/mol. The molecule has 0 unspecified atom stereocenters. The molecule has 0 aliphatic carbocycles. The van der Waals surface area contributed by atoms with E-state index in [1.54, 1.807) is 19.1 Å². The summed E-state index contributed by atoms with van der Waals surface area (Å²) < 4.78 is 0. The van der Waals surface area contributed by atoms with Crippen LogP contribution in [0.25, 0.3) is 0 Å². The zero-order chi connectivity index (χ0) is 2.00. The summed E-state index contributed by atoms with van der Waals surface area (Å²) in [7, 11) is 0. The minimum absolute atomic E-state index is 0. The fourth-order valence-electron chi connectivity index (χ4n) is 0. The van der Waals surface area contributed by atoms with E-state index in [0.29, 0.717) is 0 Å². The fraction of sp³-hybridized carbons (Fsp3) is 0. The van der Waals surface area contributed by atoms with E-state index >= 15 is 0 Å². The molecule has 0 heterocycles. The molecule has 0 amide bonds. The van der Waals surface area contributed by atoms with Crippen molar-refractivity contribution < 1.29 is 16.2 Å². The van der Waals surface area contributed by atoms with Crippen molar-refractivity contribution in [2.45, 2.75) is 0 Å². The van der Waals surface area contributed by atoms with Gasteiger partial charge in [0.1, 0.15) is 0 Å². The molecule has 0 saturated heterocycles. The van der Waals surface area contributed by atoms with E-state index in [4.69, 9.17) is 0 Å². The number of rotatable bonds is 0. The van der Waals surface area contributed by atoms with Crippen LogP contribution in [-0.4, -0.2) is 60.6 Å². The Morgan fingerprint density at radius 1 is 1.25 bits per heavy atom. The molecule has 0 aliphatic rings. The van der Waals surface area contributed by atoms with Crippen molar-refractivity contribution in [3.63, 3.8) is 0 Å². The maximum absolute atomic E-state index is 2.19. The summed E-state index contributed by atoms with van der Waals surface area (Å²) in [6, 6.07) is 0. The summed E-state index contributed by atoms with van der Waals surface area (Å²) in [4.78, 5) is 0. The van der Waals surface area contributed by atoms with E-state index < -0.39 is 0 Å². The summed E-state index contributed by atoms with van der Waals surface area (Å²) in [5.74, 6) is 0. The van der Waals surface area contributed by atoms with E-state index in [1.807, 2.05) is 0 Å². The summed E-state index contributed by atoms with van der Waals surface area (Å²) >= 11 is 3.91. The molecule has 0 atom stereocenters. The van der Waals surface area contributed by atoms with Gasteiger partial charge in [-0.05, 0) is 0 Å². The maximum atomic E-state index is 2.19. The third-order valence-corrected chi connectivity index (χ3v) is 0. The van der Waals surface area contributed by atoms with Crippen LogP contribution in [0.15, 0.2) is 0 Å². The van der Waals surface area contributed by atoms with Gasteiger partial charge in [-0.1, -0.05) is 0 Å². The predicted molar refractivity (Wildman–Crippen MR) is 27.0 cm³/mol. The Balaban J connectivity index is -0.00000000500. The standard InChI is InChI=1S/GeH4.Pt.Sn.H2Te.2H/h1H4;;;1H2;;/q;+1;;;;/p-1. The zero-order valence-corrected chi connectivity index (χ0v) is 10.3. The van der Waals surface area contributed by atoms with Gasteiger partial charge in [0.15, 0.2) is 0 Å². The van der Waals surface area contributed by atoms with Crippen LogP contribution in [-0.2, 0) is 16.2 Å². The van der Waals surface area contributed by atoms with Crippen LogP contribution in [0.1, 0.15) is 0 Å². The molecule has 0 aromatic rings. The Labute approximate surface area is 75.3 Å². The molecule has 0 fully saturated rings. The molecule has 0 spiro atoms. The summed E-state index contributed by atoms with van der Waals surface area (Å²) in [6.45, 7) is 0. The molecule has 31 valence electrons. The molecule has 0 bridgehead atoms. The molecule has 0 aromatic heterocycles. The van der Waals surface area contributed by atoms with Gasteiger partial charge in [0.2, 0.25) is 0 Å². The van der Waals surface area contributed by atoms with Gasteiger partial charge in [-0.3, -0.25) is 0 Å². The molecule has 0 aromatic carbocycles. The summed E-state index contributed by atoms with van der Waals surface area (Å²) in [5.41, 5.74) is 0. The van der Waals surface area contributed by atoms with Gasteiger partial charge in [0.05, 0.1) is 0 Å². The SMILES string of the molecule is [GeH4].[SnH2].[TeH][Pt]. The Hall–Kier alpha value is 2.82. The van der Waals surface area contributed by atoms with E-state index in [-0.39, 0.29) is 41.5 Å². The monoisotopic (exact) mass is 526 g/mol. The topological polar surface area (TPSA) is 0 Å². The van der Waals surface area contributed by atoms with Crippen molar-refractivity contribution in [2.75, 3.05) is 0 Å². The third kappa shape index (κ3) is 8.84. The van der Waals surface area contributed by atoms with Gasteiger partial charge >= 0.3 is 76.8 Å². The average molecular weight is 521 g/mol. The molecule has 4 heavy (non-hydrogen) atoms. The normalized spacial score (nSPS) is 1.75. The molecule has 0 N–H and O–H groups in total. The molecule has 4 heteroatoms. The van der Waals surface area contributed by atoms with Crippen molar-refractivity contribution in [3.8, 4) is 0 Å². The number of hydrogen-bond acceptors (Lipinski definition) is 0. The van der Waals surface area contributed by atoms with Gasteiger partial charge < -0.3 is 0 Å². The second-order valence-corrected chi connectivity index (χ2v) is 0. The average Bonchev–Trinajstić information content (AvgIpc) is 1.00. The van der Waals surface area contributed by atoms with Crippen LogP contribution in [0.4, 0.5) is 0 Å². The Kier molecular flexibility index (Phi) is 67.3. The van der Waals surface area contributed by atoms with E-state index in [1.165, 1.54) is 0 Å². The molecule has 0 saturated carbocycles. The van der Waals surface area contributed by atoms with Crippen LogP contribution in [0, 0.1) is 0 Å². The van der Waals surface area contributed by atoms with Crippen molar-refractivity contribution in [1.82, 2.24) is 0 Å². The molecule has 0 rings (SSSR count). The first kappa shape index (κ1) is 15.8. The Morgan fingerprint density at radius 2 is 1.25 bits per heavy atom. The zero-order valence-electron chi connectivity index (χ0n) is 1.47. The Morgan fingerprint density at radius 3 is 1.25 bits per heavy atom. The van der Waals surface area contributed by atoms with Crippen LogP contribution in [0.3, 0.4) is 0 Å². The minimum atomic E-state index is 0. The Bertz CT molecular complexity index is 8.00. The van der Waals surface area contributed by atoms with Crippen LogP contribution in [0.5, 0.6) is 0 Å². The summed E-state index contributed by atoms with van der Waals surface area (Å²) in [6.07, 6.45) is 0. The van der Waals surface area contributed by atoms with Crippen molar-refractivity contribution in [1.29, 1.82) is 0 Å². The number of hydrogen-bond donors (Lipinski definition) is 0. The molecule has 2 radical (unpaired) electrons. The second kappa shape index (κ2) is 17.0. The second-order valence-electron chi connectivity index (χ2n) is 0. The quantitative estimate of drug-likeness (QED) is 0.298. The van der Waals surface area contributed by atoms with Gasteiger partial charge in [-0.2, -0.15) is 0 Å². The van der Waals surface area contributed by atoms with Gasteiger partial charge in [0.25, 0.3) is 0 Å². The third-order valence-electron chi connectivity index (χ3n) is 0. The van der Waals surface area contributed by atoms with E-state index in [9.17, 15) is 0 Å². The van der Waals surface area contributed by atoms with Crippen molar-refractivity contribution >= 4 is 60.6 Å². The van der Waals surface area contributed by atoms with Crippen molar-refractivity contribution in [2.24, 2.45) is 0 Å². The van der Waals surface area contributed by atoms with Crippen LogP contribution >= 0.6 is 0 Å². The van der Waals surface area contributed by atoms with E-state index in [0.717, 1.165) is 0 Å². The van der Waals surface area contributed by atoms with Gasteiger partial charge in [0, 0.05) is 0 Å². The van der Waals surface area contributed by atoms with Crippen LogP contribution in [0.2, 0.25) is 0 Å². The first-order valence-electron chi connectivity index (χ1n) is 0.141. The molecule has 0 aliphatic heterocycles. The van der Waals surface area contributed by atoms with Crippen molar-refractivity contribution in [3.05, 3.63) is 0 Å². The van der Waals surface area contributed by atoms with Crippen LogP contribution < -0.4 is 0 Å². The molecular formula is H7GePtSnTe. The van der Waals surface area contributed by atoms with E-state index in [2.05, 4.69) is 16.2 Å². The first-order chi connectivity index (χ1) is 1.00. The first-order valence-corrected chi connectivity index (χ1v) is 7.77. The van der Waals surface area contributed by atoms with Gasteiger partial charge in [-0.25, -0.2) is 0 Å². The molecule has 0 nitrogen and oxygen atoms in total. The predicted octanol–water partition coefficient (Wildman–Crippen LogP) is -3.02. The summed E-state index contributed by atoms with van der Waals surface area (Å²) in [5, 5.41) is 0. The fourth-order valence-corrected chi connectivity index (χ4v) is 0. The van der Waals surface area contributed by atoms with Gasteiger partial charge in [-0.15, -0.1) is 0 Å².